The summed E-state index contributed by atoms with van der Waals surface area (Å²) in [5.74, 6) is 0. The number of nitrogens with zero attached hydrogens (tertiary/aromatic N) is 2. The van der Waals surface area contributed by atoms with Crippen LogP contribution in [0.25, 0.3) is 10.8 Å². The van der Waals surface area contributed by atoms with Crippen LogP contribution in [-0.2, 0) is 19.4 Å². The molecular formula is C20H21N3OS. The smallest absolute Gasteiger partial charge is 0.323 e. The largest absolute Gasteiger partial charge is 0.323 e. The van der Waals surface area contributed by atoms with Gasteiger partial charge < -0.3 is 4.90 Å². The number of nitrogens with one attached hydrogen (secondary N) is 1. The predicted molar refractivity (Wildman–Crippen MR) is 103 cm³/mol. The van der Waals surface area contributed by atoms with Gasteiger partial charge in [-0.3, -0.25) is 5.32 Å². The third-order valence-corrected chi connectivity index (χ3v) is 5.77. The van der Waals surface area contributed by atoms with Gasteiger partial charge in [0.15, 0.2) is 5.13 Å². The summed E-state index contributed by atoms with van der Waals surface area (Å²) >= 11 is 1.62. The fraction of sp³-hybridized carbons (Fsp3) is 0.300. The van der Waals surface area contributed by atoms with Gasteiger partial charge in [0.05, 0.1) is 5.69 Å². The van der Waals surface area contributed by atoms with Crippen LogP contribution in [0.1, 0.15) is 29.0 Å². The minimum atomic E-state index is -0.112. The molecule has 1 aromatic heterocycles. The fourth-order valence-electron chi connectivity index (χ4n) is 3.35. The van der Waals surface area contributed by atoms with Crippen molar-refractivity contribution in [3.8, 4) is 0 Å². The second kappa shape index (κ2) is 6.84. The Morgan fingerprint density at radius 3 is 2.84 bits per heavy atom. The molecule has 5 heteroatoms. The van der Waals surface area contributed by atoms with Crippen molar-refractivity contribution in [2.24, 2.45) is 0 Å². The summed E-state index contributed by atoms with van der Waals surface area (Å²) in [5, 5.41) is 6.07. The lowest BCUT2D eigenvalue weighted by Crippen LogP contribution is -2.30. The summed E-state index contributed by atoms with van der Waals surface area (Å²) in [7, 11) is 1.82. The minimum absolute atomic E-state index is 0.112. The molecule has 0 saturated heterocycles. The Kier molecular flexibility index (Phi) is 4.40. The topological polar surface area (TPSA) is 45.2 Å². The van der Waals surface area contributed by atoms with Gasteiger partial charge in [-0.1, -0.05) is 42.5 Å². The number of rotatable bonds is 3. The van der Waals surface area contributed by atoms with Crippen molar-refractivity contribution in [1.29, 1.82) is 0 Å². The van der Waals surface area contributed by atoms with Crippen LogP contribution in [0.4, 0.5) is 9.93 Å². The summed E-state index contributed by atoms with van der Waals surface area (Å²) in [4.78, 5) is 20.2. The number of benzene rings is 2. The van der Waals surface area contributed by atoms with Gasteiger partial charge in [0, 0.05) is 18.5 Å². The molecule has 0 bridgehead atoms. The van der Waals surface area contributed by atoms with Crippen molar-refractivity contribution in [3.63, 3.8) is 0 Å². The highest BCUT2D eigenvalue weighted by molar-refractivity contribution is 7.15. The summed E-state index contributed by atoms with van der Waals surface area (Å²) in [6.45, 7) is 0.568. The number of carbonyl (C=O) groups is 1. The third-order valence-electron chi connectivity index (χ3n) is 4.69. The molecule has 1 N–H and O–H groups in total. The molecule has 0 unspecified atom stereocenters. The van der Waals surface area contributed by atoms with Gasteiger partial charge in [0.25, 0.3) is 0 Å². The standard InChI is InChI=1S/C20H21N3OS/c1-23(13-15-9-6-8-14-7-2-3-10-16(14)15)20(24)22-19-21-17-11-4-5-12-18(17)25-19/h2-3,6-10H,4-5,11-13H2,1H3,(H,21,22,24). The fourth-order valence-corrected chi connectivity index (χ4v) is 4.39. The van der Waals surface area contributed by atoms with Crippen LogP contribution in [0.15, 0.2) is 42.5 Å². The lowest BCUT2D eigenvalue weighted by molar-refractivity contribution is 0.221. The Morgan fingerprint density at radius 2 is 1.96 bits per heavy atom. The number of hydrogen-bond donors (Lipinski definition) is 1. The van der Waals surface area contributed by atoms with E-state index < -0.39 is 0 Å². The second-order valence-corrected chi connectivity index (χ2v) is 7.60. The van der Waals surface area contributed by atoms with Crippen molar-refractivity contribution >= 4 is 33.3 Å². The van der Waals surface area contributed by atoms with Gasteiger partial charge in [0.2, 0.25) is 0 Å². The molecule has 0 radical (unpaired) electrons. The lowest BCUT2D eigenvalue weighted by Gasteiger charge is -2.18. The monoisotopic (exact) mass is 351 g/mol. The number of amides is 2. The summed E-state index contributed by atoms with van der Waals surface area (Å²) < 4.78 is 0. The van der Waals surface area contributed by atoms with Gasteiger partial charge in [-0.2, -0.15) is 0 Å². The summed E-state index contributed by atoms with van der Waals surface area (Å²) in [5.41, 5.74) is 2.32. The van der Waals surface area contributed by atoms with Crippen molar-refractivity contribution in [2.75, 3.05) is 12.4 Å². The highest BCUT2D eigenvalue weighted by atomic mass is 32.1. The summed E-state index contributed by atoms with van der Waals surface area (Å²) in [6, 6.07) is 14.4. The first kappa shape index (κ1) is 16.1. The average molecular weight is 351 g/mol. The zero-order valence-corrected chi connectivity index (χ0v) is 15.1. The average Bonchev–Trinajstić information content (AvgIpc) is 3.04. The van der Waals surface area contributed by atoms with E-state index in [1.165, 1.54) is 34.2 Å². The number of urea groups is 1. The number of anilines is 1. The molecule has 0 fully saturated rings. The molecular weight excluding hydrogens is 330 g/mol. The van der Waals surface area contributed by atoms with Gasteiger partial charge >= 0.3 is 6.03 Å². The molecule has 2 aromatic carbocycles. The normalized spacial score (nSPS) is 13.5. The van der Waals surface area contributed by atoms with Crippen molar-refractivity contribution in [3.05, 3.63) is 58.6 Å². The number of aryl methyl sites for hydroxylation is 2. The molecule has 0 spiro atoms. The van der Waals surface area contributed by atoms with Crippen molar-refractivity contribution < 1.29 is 4.79 Å². The SMILES string of the molecule is CN(Cc1cccc2ccccc12)C(=O)Nc1nc2c(s1)CCCC2. The Morgan fingerprint density at radius 1 is 1.16 bits per heavy atom. The first-order valence-electron chi connectivity index (χ1n) is 8.68. The Balaban J connectivity index is 1.47. The van der Waals surface area contributed by atoms with Gasteiger partial charge in [-0.15, -0.1) is 11.3 Å². The maximum absolute atomic E-state index is 12.5. The number of thiazole rings is 1. The molecule has 4 rings (SSSR count). The van der Waals surface area contributed by atoms with Crippen LogP contribution in [0.5, 0.6) is 0 Å². The van der Waals surface area contributed by atoms with Crippen molar-refractivity contribution in [2.45, 2.75) is 32.2 Å². The Hall–Kier alpha value is -2.40. The van der Waals surface area contributed by atoms with E-state index in [2.05, 4.69) is 34.6 Å². The van der Waals surface area contributed by atoms with E-state index in [-0.39, 0.29) is 6.03 Å². The molecule has 1 aliphatic rings. The first-order valence-corrected chi connectivity index (χ1v) is 9.50. The quantitative estimate of drug-likeness (QED) is 0.734. The van der Waals surface area contributed by atoms with Crippen LogP contribution in [-0.4, -0.2) is 23.0 Å². The van der Waals surface area contributed by atoms with Crippen LogP contribution >= 0.6 is 11.3 Å². The molecule has 3 aromatic rings. The summed E-state index contributed by atoms with van der Waals surface area (Å²) in [6.07, 6.45) is 4.55. The lowest BCUT2D eigenvalue weighted by atomic mass is 10.0. The van der Waals surface area contributed by atoms with E-state index in [1.54, 1.807) is 16.2 Å². The number of carbonyl (C=O) groups excluding carboxylic acids is 1. The van der Waals surface area contributed by atoms with E-state index in [0.29, 0.717) is 6.54 Å². The van der Waals surface area contributed by atoms with Gasteiger partial charge in [-0.25, -0.2) is 9.78 Å². The van der Waals surface area contributed by atoms with Crippen LogP contribution in [0.2, 0.25) is 0 Å². The number of fused-ring (bicyclic) bond motifs is 2. The van der Waals surface area contributed by atoms with Crippen molar-refractivity contribution in [1.82, 2.24) is 9.88 Å². The van der Waals surface area contributed by atoms with Crippen LogP contribution < -0.4 is 5.32 Å². The van der Waals surface area contributed by atoms with E-state index in [0.717, 1.165) is 23.5 Å². The molecule has 2 amide bonds. The highest BCUT2D eigenvalue weighted by Gasteiger charge is 2.18. The Bertz CT molecular complexity index is 889. The van der Waals surface area contributed by atoms with E-state index in [9.17, 15) is 4.79 Å². The van der Waals surface area contributed by atoms with Gasteiger partial charge in [-0.05, 0) is 42.0 Å². The zero-order valence-electron chi connectivity index (χ0n) is 14.3. The maximum atomic E-state index is 12.5. The van der Waals surface area contributed by atoms with Crippen LogP contribution in [0, 0.1) is 0 Å². The van der Waals surface area contributed by atoms with Gasteiger partial charge in [0.1, 0.15) is 0 Å². The molecule has 1 heterocycles. The predicted octanol–water partition coefficient (Wildman–Crippen LogP) is 4.84. The first-order chi connectivity index (χ1) is 12.2. The third kappa shape index (κ3) is 3.37. The molecule has 128 valence electrons. The minimum Gasteiger partial charge on any atom is -0.323 e. The van der Waals surface area contributed by atoms with E-state index >= 15 is 0 Å². The van der Waals surface area contributed by atoms with E-state index in [1.807, 2.05) is 25.2 Å². The number of aromatic nitrogens is 1. The zero-order chi connectivity index (χ0) is 17.2. The molecule has 4 nitrogen and oxygen atoms in total. The molecule has 0 saturated carbocycles. The Labute approximate surface area is 151 Å². The molecule has 25 heavy (non-hydrogen) atoms. The number of hydrogen-bond acceptors (Lipinski definition) is 3. The van der Waals surface area contributed by atoms with E-state index in [4.69, 9.17) is 0 Å². The van der Waals surface area contributed by atoms with Crippen LogP contribution in [0.3, 0.4) is 0 Å². The second-order valence-electron chi connectivity index (χ2n) is 6.52. The molecule has 0 atom stereocenters. The highest BCUT2D eigenvalue weighted by Crippen LogP contribution is 2.29. The molecule has 1 aliphatic carbocycles. The molecule has 0 aliphatic heterocycles. The maximum Gasteiger partial charge on any atom is 0.323 e.